The highest BCUT2D eigenvalue weighted by Crippen LogP contribution is 2.16. The smallest absolute Gasteiger partial charge is 0.345 e. The first kappa shape index (κ1) is 9.99. The lowest BCUT2D eigenvalue weighted by Crippen LogP contribution is -2.18. The topological polar surface area (TPSA) is 26.3 Å². The molecule has 0 bridgehead atoms. The van der Waals surface area contributed by atoms with Crippen LogP contribution in [0.5, 0.6) is 5.75 Å². The minimum absolute atomic E-state index is 0.291. The van der Waals surface area contributed by atoms with E-state index in [4.69, 9.17) is 11.6 Å². The summed E-state index contributed by atoms with van der Waals surface area (Å²) in [6.45, 7) is 1.12. The standard InChI is InChI=1S/C9H8ClFO2/c1-6(11)9(12)13-8-4-2-7(10)3-5-8/h2-6H,1H3. The van der Waals surface area contributed by atoms with Crippen LogP contribution in [0.2, 0.25) is 5.02 Å². The average molecular weight is 203 g/mol. The fraction of sp³-hybridized carbons (Fsp3) is 0.222. The summed E-state index contributed by atoms with van der Waals surface area (Å²) in [5, 5.41) is 0.535. The molecule has 4 heteroatoms. The molecule has 0 spiro atoms. The normalized spacial score (nSPS) is 12.2. The van der Waals surface area contributed by atoms with Crippen molar-refractivity contribution in [2.75, 3.05) is 0 Å². The Morgan fingerprint density at radius 1 is 1.46 bits per heavy atom. The third-order valence-electron chi connectivity index (χ3n) is 1.36. The number of rotatable bonds is 2. The number of hydrogen-bond donors (Lipinski definition) is 0. The van der Waals surface area contributed by atoms with Crippen molar-refractivity contribution in [3.05, 3.63) is 29.3 Å². The van der Waals surface area contributed by atoms with Crippen molar-refractivity contribution in [2.45, 2.75) is 13.1 Å². The second-order valence-electron chi connectivity index (χ2n) is 2.49. The molecule has 0 aliphatic heterocycles. The lowest BCUT2D eigenvalue weighted by molar-refractivity contribution is -0.139. The number of alkyl halides is 1. The van der Waals surface area contributed by atoms with Crippen molar-refractivity contribution in [3.8, 4) is 5.75 Å². The van der Waals surface area contributed by atoms with Crippen LogP contribution in [0.4, 0.5) is 4.39 Å². The van der Waals surface area contributed by atoms with Crippen molar-refractivity contribution >= 4 is 17.6 Å². The maximum Gasteiger partial charge on any atom is 0.345 e. The van der Waals surface area contributed by atoms with Gasteiger partial charge in [-0.3, -0.25) is 0 Å². The SMILES string of the molecule is CC(F)C(=O)Oc1ccc(Cl)cc1. The molecule has 13 heavy (non-hydrogen) atoms. The van der Waals surface area contributed by atoms with Gasteiger partial charge < -0.3 is 4.74 Å². The number of carbonyl (C=O) groups excluding carboxylic acids is 1. The Morgan fingerprint density at radius 3 is 2.46 bits per heavy atom. The number of benzene rings is 1. The molecule has 0 aromatic heterocycles. The van der Waals surface area contributed by atoms with Gasteiger partial charge >= 0.3 is 5.97 Å². The molecule has 70 valence electrons. The van der Waals surface area contributed by atoms with Crippen LogP contribution in [0.3, 0.4) is 0 Å². The van der Waals surface area contributed by atoms with Crippen molar-refractivity contribution in [1.29, 1.82) is 0 Å². The average Bonchev–Trinajstić information content (AvgIpc) is 2.08. The predicted octanol–water partition coefficient (Wildman–Crippen LogP) is 2.60. The Balaban J connectivity index is 2.65. The Bertz CT molecular complexity index is 295. The van der Waals surface area contributed by atoms with Crippen LogP contribution in [0.25, 0.3) is 0 Å². The molecule has 1 rings (SSSR count). The van der Waals surface area contributed by atoms with Gasteiger partial charge in [-0.15, -0.1) is 0 Å². The Kier molecular flexibility index (Phi) is 3.25. The molecule has 0 aliphatic carbocycles. The summed E-state index contributed by atoms with van der Waals surface area (Å²) in [7, 11) is 0. The highest BCUT2D eigenvalue weighted by atomic mass is 35.5. The summed E-state index contributed by atoms with van der Waals surface area (Å²) in [6, 6.07) is 6.13. The minimum atomic E-state index is -1.62. The quantitative estimate of drug-likeness (QED) is 0.544. The summed E-state index contributed by atoms with van der Waals surface area (Å²) < 4.78 is 17.0. The molecule has 0 amide bonds. The van der Waals surface area contributed by atoms with Crippen LogP contribution in [-0.2, 0) is 4.79 Å². The van der Waals surface area contributed by atoms with Gasteiger partial charge in [-0.1, -0.05) is 11.6 Å². The first-order valence-corrected chi connectivity index (χ1v) is 4.08. The molecule has 0 aliphatic rings. The fourth-order valence-electron chi connectivity index (χ4n) is 0.700. The molecule has 1 unspecified atom stereocenters. The van der Waals surface area contributed by atoms with E-state index in [0.717, 1.165) is 6.92 Å². The molecule has 1 aromatic rings. The molecule has 0 radical (unpaired) electrons. The van der Waals surface area contributed by atoms with Crippen molar-refractivity contribution in [1.82, 2.24) is 0 Å². The summed E-state index contributed by atoms with van der Waals surface area (Å²) in [5.74, 6) is -0.610. The number of hydrogen-bond acceptors (Lipinski definition) is 2. The summed E-state index contributed by atoms with van der Waals surface area (Å²) >= 11 is 5.60. The number of esters is 1. The van der Waals surface area contributed by atoms with Gasteiger partial charge in [-0.25, -0.2) is 9.18 Å². The van der Waals surface area contributed by atoms with E-state index >= 15 is 0 Å². The molecular formula is C9H8ClFO2. The maximum absolute atomic E-state index is 12.4. The van der Waals surface area contributed by atoms with Crippen molar-refractivity contribution in [3.63, 3.8) is 0 Å². The Labute approximate surface area is 80.3 Å². The minimum Gasteiger partial charge on any atom is -0.424 e. The molecule has 0 N–H and O–H groups in total. The number of ether oxygens (including phenoxy) is 1. The molecule has 0 fully saturated rings. The highest BCUT2D eigenvalue weighted by Gasteiger charge is 2.12. The van der Waals surface area contributed by atoms with Gasteiger partial charge in [0.25, 0.3) is 0 Å². The second-order valence-corrected chi connectivity index (χ2v) is 2.93. The van der Waals surface area contributed by atoms with E-state index in [0.29, 0.717) is 10.8 Å². The molecule has 1 atom stereocenters. The van der Waals surface area contributed by atoms with Crippen LogP contribution in [0.1, 0.15) is 6.92 Å². The molecule has 0 saturated carbocycles. The zero-order valence-electron chi connectivity index (χ0n) is 6.96. The van der Waals surface area contributed by atoms with Gasteiger partial charge in [-0.2, -0.15) is 0 Å². The van der Waals surface area contributed by atoms with E-state index in [1.165, 1.54) is 12.1 Å². The number of halogens is 2. The Morgan fingerprint density at radius 2 is 2.00 bits per heavy atom. The fourth-order valence-corrected chi connectivity index (χ4v) is 0.826. The van der Waals surface area contributed by atoms with Crippen LogP contribution in [0, 0.1) is 0 Å². The van der Waals surface area contributed by atoms with E-state index in [1.54, 1.807) is 12.1 Å². The summed E-state index contributed by atoms with van der Waals surface area (Å²) in [4.78, 5) is 10.8. The molecular weight excluding hydrogens is 195 g/mol. The van der Waals surface area contributed by atoms with E-state index in [1.807, 2.05) is 0 Å². The third kappa shape index (κ3) is 3.03. The van der Waals surface area contributed by atoms with E-state index in [9.17, 15) is 9.18 Å². The van der Waals surface area contributed by atoms with Gasteiger partial charge in [0.2, 0.25) is 0 Å². The molecule has 0 heterocycles. The third-order valence-corrected chi connectivity index (χ3v) is 1.61. The summed E-state index contributed by atoms with van der Waals surface area (Å²) in [5.41, 5.74) is 0. The second kappa shape index (κ2) is 4.23. The Hall–Kier alpha value is -1.09. The lowest BCUT2D eigenvalue weighted by Gasteiger charge is -2.03. The van der Waals surface area contributed by atoms with Gasteiger partial charge in [0.15, 0.2) is 6.17 Å². The van der Waals surface area contributed by atoms with Gasteiger partial charge in [0, 0.05) is 5.02 Å². The van der Waals surface area contributed by atoms with E-state index < -0.39 is 12.1 Å². The van der Waals surface area contributed by atoms with Crippen LogP contribution in [-0.4, -0.2) is 12.1 Å². The highest BCUT2D eigenvalue weighted by molar-refractivity contribution is 6.30. The van der Waals surface area contributed by atoms with Crippen molar-refractivity contribution in [2.24, 2.45) is 0 Å². The van der Waals surface area contributed by atoms with Crippen LogP contribution in [0.15, 0.2) is 24.3 Å². The van der Waals surface area contributed by atoms with Crippen LogP contribution < -0.4 is 4.74 Å². The molecule has 2 nitrogen and oxygen atoms in total. The first-order chi connectivity index (χ1) is 6.09. The van der Waals surface area contributed by atoms with Crippen molar-refractivity contribution < 1.29 is 13.9 Å². The molecule has 0 saturated heterocycles. The number of carbonyl (C=O) groups is 1. The monoisotopic (exact) mass is 202 g/mol. The molecule has 1 aromatic carbocycles. The zero-order chi connectivity index (χ0) is 9.84. The zero-order valence-corrected chi connectivity index (χ0v) is 7.72. The summed E-state index contributed by atoms with van der Waals surface area (Å²) in [6.07, 6.45) is -1.62. The van der Waals surface area contributed by atoms with Gasteiger partial charge in [-0.05, 0) is 31.2 Å². The predicted molar refractivity (Wildman–Crippen MR) is 47.7 cm³/mol. The van der Waals surface area contributed by atoms with E-state index in [2.05, 4.69) is 4.74 Å². The van der Waals surface area contributed by atoms with Gasteiger partial charge in [0.05, 0.1) is 0 Å². The largest absolute Gasteiger partial charge is 0.424 e. The first-order valence-electron chi connectivity index (χ1n) is 3.71. The van der Waals surface area contributed by atoms with Crippen LogP contribution >= 0.6 is 11.6 Å². The lowest BCUT2D eigenvalue weighted by atomic mass is 10.3. The van der Waals surface area contributed by atoms with E-state index in [-0.39, 0.29) is 0 Å². The maximum atomic E-state index is 12.4. The van der Waals surface area contributed by atoms with Gasteiger partial charge in [0.1, 0.15) is 5.75 Å².